The number of benzene rings is 2. The van der Waals surface area contributed by atoms with Crippen LogP contribution < -0.4 is 10.6 Å². The zero-order chi connectivity index (χ0) is 20.7. The van der Waals surface area contributed by atoms with E-state index in [4.69, 9.17) is 11.0 Å². The first kappa shape index (κ1) is 18.2. The molecular formula is C24H22N6. The van der Waals surface area contributed by atoms with Crippen LogP contribution in [0.3, 0.4) is 0 Å². The Bertz CT molecular complexity index is 1260. The minimum absolute atomic E-state index is 0.620. The van der Waals surface area contributed by atoms with Crippen molar-refractivity contribution in [1.82, 2.24) is 14.1 Å². The normalized spacial score (nSPS) is 11.8. The van der Waals surface area contributed by atoms with Crippen LogP contribution >= 0.6 is 0 Å². The zero-order valence-corrected chi connectivity index (χ0v) is 16.8. The maximum Gasteiger partial charge on any atom is 0.161 e. The highest BCUT2D eigenvalue weighted by atomic mass is 15.1. The summed E-state index contributed by atoms with van der Waals surface area (Å²) in [6.45, 7) is 2.19. The van der Waals surface area contributed by atoms with Gasteiger partial charge in [0.1, 0.15) is 0 Å². The van der Waals surface area contributed by atoms with Gasteiger partial charge in [-0.25, -0.2) is 4.98 Å². The predicted octanol–water partition coefficient (Wildman–Crippen LogP) is 3.64. The topological polar surface area (TPSA) is 75.8 Å². The monoisotopic (exact) mass is 394 g/mol. The van der Waals surface area contributed by atoms with Crippen LogP contribution in [-0.4, -0.2) is 34.3 Å². The van der Waals surface area contributed by atoms with Gasteiger partial charge >= 0.3 is 0 Å². The van der Waals surface area contributed by atoms with Crippen LogP contribution in [0.15, 0.2) is 67.1 Å². The molecule has 0 spiro atoms. The average molecular weight is 394 g/mol. The third-order valence-electron chi connectivity index (χ3n) is 5.68. The number of aromatic nitrogens is 3. The minimum atomic E-state index is 0.620. The van der Waals surface area contributed by atoms with E-state index in [9.17, 15) is 0 Å². The lowest BCUT2D eigenvalue weighted by Gasteiger charge is -2.20. The highest BCUT2D eigenvalue weighted by Gasteiger charge is 2.21. The van der Waals surface area contributed by atoms with E-state index in [0.29, 0.717) is 12.1 Å². The summed E-state index contributed by atoms with van der Waals surface area (Å²) in [5.41, 5.74) is 13.2. The molecule has 1 aliphatic rings. The molecule has 3 heterocycles. The highest BCUT2D eigenvalue weighted by molar-refractivity contribution is 5.72. The molecule has 2 aromatic heterocycles. The summed E-state index contributed by atoms with van der Waals surface area (Å²) in [6.07, 6.45) is 6.03. The van der Waals surface area contributed by atoms with E-state index in [-0.39, 0.29) is 0 Å². The van der Waals surface area contributed by atoms with Gasteiger partial charge in [0.2, 0.25) is 0 Å². The second kappa shape index (κ2) is 7.21. The molecule has 148 valence electrons. The Balaban J connectivity index is 1.61. The molecule has 2 aromatic carbocycles. The Morgan fingerprint density at radius 3 is 2.73 bits per heavy atom. The van der Waals surface area contributed by atoms with Crippen LogP contribution in [-0.2, 0) is 6.54 Å². The van der Waals surface area contributed by atoms with Crippen LogP contribution in [0.1, 0.15) is 11.1 Å². The summed E-state index contributed by atoms with van der Waals surface area (Å²) in [5, 5.41) is 9.06. The summed E-state index contributed by atoms with van der Waals surface area (Å²) in [7, 11) is 2.07. The van der Waals surface area contributed by atoms with E-state index in [1.807, 2.05) is 36.7 Å². The van der Waals surface area contributed by atoms with Crippen molar-refractivity contribution in [2.75, 3.05) is 25.0 Å². The molecule has 0 radical (unpaired) electrons. The van der Waals surface area contributed by atoms with Gasteiger partial charge in [-0.15, -0.1) is 0 Å². The summed E-state index contributed by atoms with van der Waals surface area (Å²) in [4.78, 5) is 6.83. The van der Waals surface area contributed by atoms with E-state index >= 15 is 0 Å². The lowest BCUT2D eigenvalue weighted by Crippen LogP contribution is -2.25. The van der Waals surface area contributed by atoms with E-state index in [1.165, 1.54) is 5.56 Å². The van der Waals surface area contributed by atoms with Crippen molar-refractivity contribution in [3.63, 3.8) is 0 Å². The van der Waals surface area contributed by atoms with E-state index in [1.54, 1.807) is 0 Å². The number of likely N-dealkylation sites (N-methyl/N-ethyl adjacent to an activating group) is 1. The first-order chi connectivity index (χ1) is 14.7. The molecule has 0 saturated carbocycles. The first-order valence-corrected chi connectivity index (χ1v) is 9.97. The van der Waals surface area contributed by atoms with Gasteiger partial charge < -0.3 is 15.2 Å². The lowest BCUT2D eigenvalue weighted by molar-refractivity contribution is 0.816. The Kier molecular flexibility index (Phi) is 4.38. The van der Waals surface area contributed by atoms with Gasteiger partial charge in [-0.3, -0.25) is 4.57 Å². The Labute approximate surface area is 175 Å². The molecular weight excluding hydrogens is 372 g/mol. The van der Waals surface area contributed by atoms with Crippen molar-refractivity contribution in [2.24, 2.45) is 5.73 Å². The summed E-state index contributed by atoms with van der Waals surface area (Å²) in [5.74, 6) is 0.928. The number of anilines is 1. The van der Waals surface area contributed by atoms with Crippen molar-refractivity contribution in [1.29, 1.82) is 5.26 Å². The lowest BCUT2D eigenvalue weighted by atomic mass is 10.1. The fourth-order valence-corrected chi connectivity index (χ4v) is 4.09. The predicted molar refractivity (Wildman–Crippen MR) is 119 cm³/mol. The molecule has 1 aliphatic heterocycles. The number of rotatable bonds is 4. The minimum Gasteiger partial charge on any atom is -0.373 e. The molecule has 6 nitrogen and oxygen atoms in total. The SMILES string of the molecule is CN(CCN)c1ccc2c(c1)Cn1cc(-c3ccc(C#N)cc3)cc1-c1nccn1-2. The van der Waals surface area contributed by atoms with E-state index in [0.717, 1.165) is 47.1 Å². The van der Waals surface area contributed by atoms with Gasteiger partial charge in [-0.1, -0.05) is 12.1 Å². The van der Waals surface area contributed by atoms with Crippen LogP contribution in [0.2, 0.25) is 0 Å². The quantitative estimate of drug-likeness (QED) is 0.505. The van der Waals surface area contributed by atoms with Gasteiger partial charge in [0.25, 0.3) is 0 Å². The number of nitrogens with two attached hydrogens (primary N) is 1. The third kappa shape index (κ3) is 2.97. The maximum absolute atomic E-state index is 9.06. The standard InChI is InChI=1S/C24H22N6/c1-28(10-8-25)21-6-7-22-20(12-21)16-29-15-19(18-4-2-17(14-26)3-5-18)13-23(29)24-27-9-11-30(22)24/h2-7,9,11-13,15H,8,10,16,25H2,1H3. The number of hydrogen-bond donors (Lipinski definition) is 1. The molecule has 2 N–H and O–H groups in total. The van der Waals surface area contributed by atoms with Crippen molar-refractivity contribution in [2.45, 2.75) is 6.54 Å². The van der Waals surface area contributed by atoms with Crippen LogP contribution in [0, 0.1) is 11.3 Å². The number of fused-ring (bicyclic) bond motifs is 5. The van der Waals surface area contributed by atoms with Crippen molar-refractivity contribution < 1.29 is 0 Å². The molecule has 0 fully saturated rings. The molecule has 0 amide bonds. The summed E-state index contributed by atoms with van der Waals surface area (Å²) >= 11 is 0. The second-order valence-electron chi connectivity index (χ2n) is 7.58. The smallest absolute Gasteiger partial charge is 0.161 e. The molecule has 4 aromatic rings. The molecule has 0 unspecified atom stereocenters. The van der Waals surface area contributed by atoms with Gasteiger partial charge in [0.15, 0.2) is 5.82 Å². The van der Waals surface area contributed by atoms with Gasteiger partial charge in [0, 0.05) is 56.5 Å². The molecule has 0 bridgehead atoms. The molecule has 30 heavy (non-hydrogen) atoms. The Morgan fingerprint density at radius 1 is 1.13 bits per heavy atom. The van der Waals surface area contributed by atoms with Gasteiger partial charge in [0.05, 0.1) is 23.0 Å². The number of hydrogen-bond acceptors (Lipinski definition) is 4. The fourth-order valence-electron chi connectivity index (χ4n) is 4.09. The maximum atomic E-state index is 9.06. The van der Waals surface area contributed by atoms with E-state index < -0.39 is 0 Å². The van der Waals surface area contributed by atoms with Crippen molar-refractivity contribution in [3.05, 3.63) is 78.2 Å². The van der Waals surface area contributed by atoms with E-state index in [2.05, 4.69) is 62.6 Å². The van der Waals surface area contributed by atoms with Crippen molar-refractivity contribution in [3.8, 4) is 34.4 Å². The third-order valence-corrected chi connectivity index (χ3v) is 5.68. The molecule has 5 rings (SSSR count). The Hall–Kier alpha value is -3.82. The molecule has 0 atom stereocenters. The first-order valence-electron chi connectivity index (χ1n) is 9.97. The van der Waals surface area contributed by atoms with Gasteiger partial charge in [-0.05, 0) is 47.5 Å². The average Bonchev–Trinajstić information content (AvgIpc) is 3.39. The van der Waals surface area contributed by atoms with Gasteiger partial charge in [-0.2, -0.15) is 5.26 Å². The number of imidazole rings is 1. The highest BCUT2D eigenvalue weighted by Crippen LogP contribution is 2.35. The fraction of sp³-hybridized carbons (Fsp3) is 0.167. The molecule has 6 heteroatoms. The van der Waals surface area contributed by atoms with Crippen LogP contribution in [0.25, 0.3) is 28.3 Å². The number of nitriles is 1. The zero-order valence-electron chi connectivity index (χ0n) is 16.8. The van der Waals surface area contributed by atoms with Crippen LogP contribution in [0.4, 0.5) is 5.69 Å². The Morgan fingerprint density at radius 2 is 1.97 bits per heavy atom. The summed E-state index contributed by atoms with van der Waals surface area (Å²) in [6, 6.07) is 18.6. The van der Waals surface area contributed by atoms with Crippen LogP contribution in [0.5, 0.6) is 0 Å². The van der Waals surface area contributed by atoms with Crippen molar-refractivity contribution >= 4 is 5.69 Å². The number of nitrogens with zero attached hydrogens (tertiary/aromatic N) is 5. The largest absolute Gasteiger partial charge is 0.373 e. The second-order valence-corrected chi connectivity index (χ2v) is 7.58. The summed E-state index contributed by atoms with van der Waals surface area (Å²) < 4.78 is 4.41. The molecule has 0 saturated heterocycles. The molecule has 0 aliphatic carbocycles.